The normalized spacial score (nSPS) is 12.0. The highest BCUT2D eigenvalue weighted by Crippen LogP contribution is 2.24. The lowest BCUT2D eigenvalue weighted by Gasteiger charge is -2.28. The minimum Gasteiger partial charge on any atom is -0.351 e. The summed E-state index contributed by atoms with van der Waals surface area (Å²) < 4.78 is 0.947. The number of benzene rings is 1. The van der Waals surface area contributed by atoms with E-state index in [0.717, 1.165) is 10.0 Å². The number of rotatable bonds is 3. The molecule has 5 heteroatoms. The Kier molecular flexibility index (Phi) is 5.20. The van der Waals surface area contributed by atoms with Crippen LogP contribution in [0.25, 0.3) is 0 Å². The fraction of sp³-hybridized carbons (Fsp3) is 0.500. The van der Waals surface area contributed by atoms with Gasteiger partial charge in [-0.2, -0.15) is 0 Å². The van der Waals surface area contributed by atoms with Crippen LogP contribution in [-0.2, 0) is 9.59 Å². The van der Waals surface area contributed by atoms with Crippen molar-refractivity contribution in [3.63, 3.8) is 0 Å². The van der Waals surface area contributed by atoms with Gasteiger partial charge < -0.3 is 10.6 Å². The van der Waals surface area contributed by atoms with Gasteiger partial charge in [0.1, 0.15) is 5.41 Å². The molecule has 0 saturated carbocycles. The predicted octanol–water partition coefficient (Wildman–Crippen LogP) is 3.64. The predicted molar refractivity (Wildman–Crippen MR) is 89.2 cm³/mol. The zero-order valence-electron chi connectivity index (χ0n) is 13.4. The summed E-state index contributed by atoms with van der Waals surface area (Å²) >= 11 is 3.38. The van der Waals surface area contributed by atoms with Crippen molar-refractivity contribution in [2.45, 2.75) is 47.1 Å². The summed E-state index contributed by atoms with van der Waals surface area (Å²) in [5, 5.41) is 5.67. The smallest absolute Gasteiger partial charge is 0.239 e. The van der Waals surface area contributed by atoms with Crippen molar-refractivity contribution in [1.29, 1.82) is 0 Å². The Labute approximate surface area is 134 Å². The monoisotopic (exact) mass is 354 g/mol. The van der Waals surface area contributed by atoms with Crippen LogP contribution in [0, 0.1) is 12.3 Å². The molecule has 0 atom stereocenters. The first-order chi connectivity index (χ1) is 9.43. The lowest BCUT2D eigenvalue weighted by Crippen LogP contribution is -2.51. The second kappa shape index (κ2) is 6.18. The number of aryl methyl sites for hydroxylation is 1. The van der Waals surface area contributed by atoms with Crippen LogP contribution in [0.3, 0.4) is 0 Å². The Morgan fingerprint density at radius 1 is 1.05 bits per heavy atom. The van der Waals surface area contributed by atoms with Gasteiger partial charge in [0.15, 0.2) is 0 Å². The van der Waals surface area contributed by atoms with Gasteiger partial charge in [0.05, 0.1) is 0 Å². The lowest BCUT2D eigenvalue weighted by molar-refractivity contribution is -0.139. The SMILES string of the molecule is Cc1cc(Br)ccc1NC(=O)C(C)(C)C(=O)NC(C)(C)C. The Morgan fingerprint density at radius 3 is 2.10 bits per heavy atom. The number of hydrogen-bond acceptors (Lipinski definition) is 2. The van der Waals surface area contributed by atoms with Crippen molar-refractivity contribution in [3.8, 4) is 0 Å². The second-order valence-electron chi connectivity index (χ2n) is 6.74. The molecular formula is C16H23BrN2O2. The van der Waals surface area contributed by atoms with Crippen molar-refractivity contribution in [3.05, 3.63) is 28.2 Å². The average molecular weight is 355 g/mol. The molecule has 1 aromatic rings. The van der Waals surface area contributed by atoms with E-state index in [-0.39, 0.29) is 17.4 Å². The Hall–Kier alpha value is -1.36. The van der Waals surface area contributed by atoms with Gasteiger partial charge in [-0.15, -0.1) is 0 Å². The third-order valence-electron chi connectivity index (χ3n) is 3.06. The number of carbonyl (C=O) groups excluding carboxylic acids is 2. The molecule has 21 heavy (non-hydrogen) atoms. The first kappa shape index (κ1) is 17.7. The van der Waals surface area contributed by atoms with Crippen LogP contribution in [-0.4, -0.2) is 17.4 Å². The number of carbonyl (C=O) groups is 2. The maximum atomic E-state index is 12.4. The quantitative estimate of drug-likeness (QED) is 0.814. The van der Waals surface area contributed by atoms with E-state index < -0.39 is 5.41 Å². The summed E-state index contributed by atoms with van der Waals surface area (Å²) in [6.07, 6.45) is 0. The molecule has 0 radical (unpaired) electrons. The van der Waals surface area contributed by atoms with Gasteiger partial charge in [0.25, 0.3) is 0 Å². The Morgan fingerprint density at radius 2 is 1.62 bits per heavy atom. The van der Waals surface area contributed by atoms with Crippen LogP contribution in [0.5, 0.6) is 0 Å². The van der Waals surface area contributed by atoms with E-state index in [2.05, 4.69) is 26.6 Å². The summed E-state index contributed by atoms with van der Waals surface area (Å²) in [4.78, 5) is 24.7. The van der Waals surface area contributed by atoms with Crippen LogP contribution in [0.4, 0.5) is 5.69 Å². The van der Waals surface area contributed by atoms with Crippen molar-refractivity contribution < 1.29 is 9.59 Å². The molecule has 2 amide bonds. The van der Waals surface area contributed by atoms with Crippen LogP contribution >= 0.6 is 15.9 Å². The first-order valence-corrected chi connectivity index (χ1v) is 7.63. The summed E-state index contributed by atoms with van der Waals surface area (Å²) in [6.45, 7) is 10.8. The molecule has 0 heterocycles. The highest BCUT2D eigenvalue weighted by molar-refractivity contribution is 9.10. The van der Waals surface area contributed by atoms with Crippen molar-refractivity contribution in [1.82, 2.24) is 5.32 Å². The standard InChI is InChI=1S/C16H23BrN2O2/c1-10-9-11(17)7-8-12(10)18-13(20)16(5,6)14(21)19-15(2,3)4/h7-9H,1-6H3,(H,18,20)(H,19,21). The number of hydrogen-bond donors (Lipinski definition) is 2. The van der Waals surface area contributed by atoms with Crippen molar-refractivity contribution in [2.75, 3.05) is 5.32 Å². The van der Waals surface area contributed by atoms with Gasteiger partial charge in [-0.1, -0.05) is 15.9 Å². The first-order valence-electron chi connectivity index (χ1n) is 6.84. The van der Waals surface area contributed by atoms with E-state index in [0.29, 0.717) is 5.69 Å². The topological polar surface area (TPSA) is 58.2 Å². The van der Waals surface area contributed by atoms with Crippen LogP contribution in [0.2, 0.25) is 0 Å². The van der Waals surface area contributed by atoms with Crippen LogP contribution < -0.4 is 10.6 Å². The molecule has 0 aliphatic heterocycles. The summed E-state index contributed by atoms with van der Waals surface area (Å²) in [6, 6.07) is 5.58. The molecule has 2 N–H and O–H groups in total. The molecule has 1 rings (SSSR count). The van der Waals surface area contributed by atoms with Crippen molar-refractivity contribution in [2.24, 2.45) is 5.41 Å². The molecule has 116 valence electrons. The van der Waals surface area contributed by atoms with E-state index in [1.54, 1.807) is 13.8 Å². The number of halogens is 1. The van der Waals surface area contributed by atoms with E-state index >= 15 is 0 Å². The molecule has 4 nitrogen and oxygen atoms in total. The summed E-state index contributed by atoms with van der Waals surface area (Å²) in [5.41, 5.74) is 0.124. The highest BCUT2D eigenvalue weighted by atomic mass is 79.9. The van der Waals surface area contributed by atoms with Crippen molar-refractivity contribution >= 4 is 33.4 Å². The number of nitrogens with one attached hydrogen (secondary N) is 2. The van der Waals surface area contributed by atoms with Gasteiger partial charge in [0.2, 0.25) is 11.8 Å². The molecule has 1 aromatic carbocycles. The maximum Gasteiger partial charge on any atom is 0.239 e. The van der Waals surface area contributed by atoms with Crippen LogP contribution in [0.1, 0.15) is 40.2 Å². The zero-order valence-corrected chi connectivity index (χ0v) is 15.0. The van der Waals surface area contributed by atoms with Gasteiger partial charge in [-0.3, -0.25) is 9.59 Å². The molecule has 0 bridgehead atoms. The summed E-state index contributed by atoms with van der Waals surface area (Å²) in [5.74, 6) is -0.614. The number of anilines is 1. The Balaban J connectivity index is 2.89. The minimum absolute atomic E-state index is 0.290. The van der Waals surface area contributed by atoms with Gasteiger partial charge >= 0.3 is 0 Å². The van der Waals surface area contributed by atoms with Gasteiger partial charge in [0, 0.05) is 15.7 Å². The van der Waals surface area contributed by atoms with Gasteiger partial charge in [-0.25, -0.2) is 0 Å². The van der Waals surface area contributed by atoms with Gasteiger partial charge in [-0.05, 0) is 65.3 Å². The highest BCUT2D eigenvalue weighted by Gasteiger charge is 2.37. The van der Waals surface area contributed by atoms with E-state index in [4.69, 9.17) is 0 Å². The Bertz CT molecular complexity index is 560. The molecule has 0 unspecified atom stereocenters. The maximum absolute atomic E-state index is 12.4. The van der Waals surface area contributed by atoms with E-state index in [1.165, 1.54) is 0 Å². The fourth-order valence-corrected chi connectivity index (χ4v) is 2.12. The van der Waals surface area contributed by atoms with Crippen LogP contribution in [0.15, 0.2) is 22.7 Å². The summed E-state index contributed by atoms with van der Waals surface area (Å²) in [7, 11) is 0. The molecule has 0 aliphatic carbocycles. The molecule has 0 fully saturated rings. The lowest BCUT2D eigenvalue weighted by atomic mass is 9.89. The molecule has 0 aliphatic rings. The largest absolute Gasteiger partial charge is 0.351 e. The molecule has 0 spiro atoms. The van der Waals surface area contributed by atoms with E-state index in [1.807, 2.05) is 45.9 Å². The third kappa shape index (κ3) is 4.84. The molecule has 0 aromatic heterocycles. The molecule has 0 saturated heterocycles. The average Bonchev–Trinajstić information content (AvgIpc) is 2.30. The molecular weight excluding hydrogens is 332 g/mol. The van der Waals surface area contributed by atoms with E-state index in [9.17, 15) is 9.59 Å². The number of amides is 2. The zero-order chi connectivity index (χ0) is 16.4. The second-order valence-corrected chi connectivity index (χ2v) is 7.66. The third-order valence-corrected chi connectivity index (χ3v) is 3.55. The minimum atomic E-state index is -1.15. The fourth-order valence-electron chi connectivity index (χ4n) is 1.65.